The first kappa shape index (κ1) is 22.5. The molecule has 3 aromatic carbocycles. The fourth-order valence-corrected chi connectivity index (χ4v) is 4.00. The van der Waals surface area contributed by atoms with Crippen molar-refractivity contribution in [2.45, 2.75) is 45.7 Å². The van der Waals surface area contributed by atoms with E-state index in [-0.39, 0.29) is 17.9 Å². The molecule has 1 heterocycles. The molecular weight excluding hydrogens is 410 g/mol. The Hall–Kier alpha value is -3.73. The highest BCUT2D eigenvalue weighted by molar-refractivity contribution is 5.98. The summed E-state index contributed by atoms with van der Waals surface area (Å²) in [5, 5.41) is 2.95. The van der Waals surface area contributed by atoms with Crippen molar-refractivity contribution in [3.05, 3.63) is 106 Å². The zero-order valence-electron chi connectivity index (χ0n) is 19.5. The van der Waals surface area contributed by atoms with Crippen LogP contribution in [-0.2, 0) is 4.79 Å². The van der Waals surface area contributed by atoms with Gasteiger partial charge in [0, 0.05) is 16.7 Å². The van der Waals surface area contributed by atoms with E-state index < -0.39 is 6.04 Å². The third-order valence-electron chi connectivity index (χ3n) is 6.05. The molecule has 2 N–H and O–H groups in total. The largest absolute Gasteiger partial charge is 0.334 e. The molecule has 0 bridgehead atoms. The predicted molar refractivity (Wildman–Crippen MR) is 130 cm³/mol. The molecule has 1 saturated heterocycles. The maximum Gasteiger partial charge on any atom is 0.304 e. The molecule has 0 radical (unpaired) electrons. The topological polar surface area (TPSA) is 61.2 Å². The third kappa shape index (κ3) is 5.03. The first-order valence-electron chi connectivity index (χ1n) is 11.3. The number of hydrogen-bond donors (Lipinski definition) is 2. The van der Waals surface area contributed by atoms with Crippen LogP contribution in [0.15, 0.2) is 72.8 Å². The summed E-state index contributed by atoms with van der Waals surface area (Å²) in [6, 6.07) is 22.6. The van der Waals surface area contributed by atoms with Crippen molar-refractivity contribution in [2.24, 2.45) is 0 Å². The van der Waals surface area contributed by atoms with Crippen LogP contribution in [-0.4, -0.2) is 28.8 Å². The van der Waals surface area contributed by atoms with Gasteiger partial charge in [0.2, 0.25) is 12.3 Å². The molecule has 5 heteroatoms. The second kappa shape index (κ2) is 9.41. The van der Waals surface area contributed by atoms with Gasteiger partial charge in [-0.2, -0.15) is 0 Å². The van der Waals surface area contributed by atoms with Crippen molar-refractivity contribution < 1.29 is 14.3 Å². The fourth-order valence-electron chi connectivity index (χ4n) is 4.00. The molecule has 2 amide bonds. The third-order valence-corrected chi connectivity index (χ3v) is 6.05. The number of rotatable bonds is 5. The van der Waals surface area contributed by atoms with Gasteiger partial charge in [-0.25, -0.2) is 0 Å². The maximum absolute atomic E-state index is 13.0. The number of amides is 2. The van der Waals surface area contributed by atoms with Gasteiger partial charge in [0.15, 0.2) is 6.04 Å². The smallest absolute Gasteiger partial charge is 0.304 e. The average Bonchev–Trinajstić information content (AvgIpc) is 3.09. The number of hydrazine groups is 1. The quantitative estimate of drug-likeness (QED) is 0.576. The van der Waals surface area contributed by atoms with Crippen molar-refractivity contribution in [3.63, 3.8) is 0 Å². The first-order valence-corrected chi connectivity index (χ1v) is 11.3. The number of benzene rings is 3. The molecule has 0 saturated carbocycles. The number of hydrogen-bond acceptors (Lipinski definition) is 2. The van der Waals surface area contributed by atoms with E-state index in [1.807, 2.05) is 68.6 Å². The summed E-state index contributed by atoms with van der Waals surface area (Å²) in [6.07, 6.45) is 1.92. The van der Waals surface area contributed by atoms with Crippen LogP contribution in [0.1, 0.15) is 64.0 Å². The number of carbonyl (C=O) groups excluding carboxylic acids is 2. The lowest BCUT2D eigenvalue weighted by molar-refractivity contribution is -0.596. The molecule has 1 aliphatic rings. The Balaban J connectivity index is 1.68. The zero-order valence-corrected chi connectivity index (χ0v) is 19.5. The highest BCUT2D eigenvalue weighted by Gasteiger charge is 2.47. The van der Waals surface area contributed by atoms with Crippen LogP contribution in [0.5, 0.6) is 0 Å². The molecule has 0 aromatic heterocycles. The van der Waals surface area contributed by atoms with E-state index in [2.05, 4.69) is 36.7 Å². The molecule has 33 heavy (non-hydrogen) atoms. The van der Waals surface area contributed by atoms with Crippen LogP contribution in [0.2, 0.25) is 0 Å². The van der Waals surface area contributed by atoms with Crippen LogP contribution < -0.4 is 10.7 Å². The summed E-state index contributed by atoms with van der Waals surface area (Å²) in [5.74, 6) is -0.0568. The lowest BCUT2D eigenvalue weighted by Crippen LogP contribution is -2.42. The molecule has 0 aliphatic carbocycles. The summed E-state index contributed by atoms with van der Waals surface area (Å²) in [4.78, 5) is 25.9. The van der Waals surface area contributed by atoms with E-state index >= 15 is 0 Å². The van der Waals surface area contributed by atoms with Crippen LogP contribution in [0.4, 0.5) is 0 Å². The molecule has 5 nitrogen and oxygen atoms in total. The van der Waals surface area contributed by atoms with Gasteiger partial charge in [-0.15, -0.1) is 10.1 Å². The van der Waals surface area contributed by atoms with Gasteiger partial charge in [0.1, 0.15) is 0 Å². The number of nitrogens with one attached hydrogen (secondary N) is 2. The standard InChI is InChI=1S/C28H29N3O2/c1-18(2)22-15-9-21(10-16-22)17-31-26(23-11-5-19(3)6-12-23)25(28(33)30-31)29-27(32)24-13-7-20(4)8-14-24/h5-18,25-26H,1-4H3,(H-,29,30,32,33)/p+1/b31-17-/t25-,26+/m0/s1. The number of carbonyl (C=O) groups is 2. The van der Waals surface area contributed by atoms with Gasteiger partial charge in [0.05, 0.1) is 0 Å². The molecule has 0 unspecified atom stereocenters. The molecular formula is C28H30N3O2+. The number of aryl methyl sites for hydroxylation is 2. The number of nitrogens with zero attached hydrogens (tertiary/aromatic N) is 1. The van der Waals surface area contributed by atoms with E-state index in [0.717, 1.165) is 22.3 Å². The second-order valence-corrected chi connectivity index (χ2v) is 9.01. The zero-order chi connectivity index (χ0) is 23.5. The Kier molecular flexibility index (Phi) is 6.40. The maximum atomic E-state index is 13.0. The summed E-state index contributed by atoms with van der Waals surface area (Å²) < 4.78 is 1.80. The predicted octanol–water partition coefficient (Wildman–Crippen LogP) is 4.44. The van der Waals surface area contributed by atoms with Crippen LogP contribution in [0.3, 0.4) is 0 Å². The lowest BCUT2D eigenvalue weighted by atomic mass is 9.98. The molecule has 0 spiro atoms. The molecule has 4 rings (SSSR count). The monoisotopic (exact) mass is 440 g/mol. The van der Waals surface area contributed by atoms with Crippen LogP contribution >= 0.6 is 0 Å². The van der Waals surface area contributed by atoms with E-state index in [1.54, 1.807) is 16.8 Å². The molecule has 1 aliphatic heterocycles. The minimum Gasteiger partial charge on any atom is -0.334 e. The summed E-state index contributed by atoms with van der Waals surface area (Å²) in [6.45, 7) is 8.32. The fraction of sp³-hybridized carbons (Fsp3) is 0.250. The van der Waals surface area contributed by atoms with Crippen LogP contribution in [0.25, 0.3) is 0 Å². The van der Waals surface area contributed by atoms with Gasteiger partial charge >= 0.3 is 5.91 Å². The average molecular weight is 441 g/mol. The Bertz CT molecular complexity index is 1180. The van der Waals surface area contributed by atoms with Crippen molar-refractivity contribution in [2.75, 3.05) is 0 Å². The molecule has 2 atom stereocenters. The number of hydrazone groups is 1. The Morgan fingerprint density at radius 1 is 0.909 bits per heavy atom. The van der Waals surface area contributed by atoms with Gasteiger partial charge in [-0.05, 0) is 49.6 Å². The summed E-state index contributed by atoms with van der Waals surface area (Å²) in [5.41, 5.74) is 8.87. The Labute approximate surface area is 195 Å². The van der Waals surface area contributed by atoms with Crippen molar-refractivity contribution in [3.8, 4) is 0 Å². The minimum atomic E-state index is -0.729. The normalized spacial score (nSPS) is 19.1. The SMILES string of the molecule is Cc1ccc(C(=O)N[C@@H]2C(=O)N/[N+](=C\c3ccc(C(C)C)cc3)[C@@H]2c2ccc(C)cc2)cc1. The van der Waals surface area contributed by atoms with Crippen molar-refractivity contribution >= 4 is 18.0 Å². The van der Waals surface area contributed by atoms with Gasteiger partial charge in [-0.3, -0.25) is 9.59 Å². The van der Waals surface area contributed by atoms with E-state index in [1.165, 1.54) is 5.56 Å². The van der Waals surface area contributed by atoms with Gasteiger partial charge in [0.25, 0.3) is 5.91 Å². The molecule has 3 aromatic rings. The van der Waals surface area contributed by atoms with E-state index in [4.69, 9.17) is 0 Å². The minimum absolute atomic E-state index is 0.240. The highest BCUT2D eigenvalue weighted by Crippen LogP contribution is 2.26. The van der Waals surface area contributed by atoms with Crippen molar-refractivity contribution in [1.29, 1.82) is 0 Å². The van der Waals surface area contributed by atoms with E-state index in [0.29, 0.717) is 11.5 Å². The molecule has 1 fully saturated rings. The highest BCUT2D eigenvalue weighted by atomic mass is 16.2. The Morgan fingerprint density at radius 3 is 2.06 bits per heavy atom. The Morgan fingerprint density at radius 2 is 1.48 bits per heavy atom. The van der Waals surface area contributed by atoms with Gasteiger partial charge < -0.3 is 5.32 Å². The summed E-state index contributed by atoms with van der Waals surface area (Å²) in [7, 11) is 0. The molecule has 168 valence electrons. The lowest BCUT2D eigenvalue weighted by Gasteiger charge is -2.15. The van der Waals surface area contributed by atoms with Crippen LogP contribution in [0, 0.1) is 13.8 Å². The first-order chi connectivity index (χ1) is 15.8. The van der Waals surface area contributed by atoms with E-state index in [9.17, 15) is 9.59 Å². The van der Waals surface area contributed by atoms with Crippen molar-refractivity contribution in [1.82, 2.24) is 10.7 Å². The van der Waals surface area contributed by atoms with Gasteiger partial charge in [-0.1, -0.05) is 73.5 Å². The summed E-state index contributed by atoms with van der Waals surface area (Å²) >= 11 is 0. The second-order valence-electron chi connectivity index (χ2n) is 9.01.